The molecule has 0 saturated heterocycles. The molecule has 0 N–H and O–H groups in total. The van der Waals surface area contributed by atoms with Crippen LogP contribution in [0, 0.1) is 0 Å². The highest BCUT2D eigenvalue weighted by molar-refractivity contribution is 7.17. The van der Waals surface area contributed by atoms with Crippen LogP contribution in [0.15, 0.2) is 60.7 Å². The van der Waals surface area contributed by atoms with Crippen LogP contribution in [0.2, 0.25) is 0 Å². The topological polar surface area (TPSA) is 3.24 Å². The summed E-state index contributed by atoms with van der Waals surface area (Å²) in [4.78, 5) is 2.30. The lowest BCUT2D eigenvalue weighted by atomic mass is 10.2. The summed E-state index contributed by atoms with van der Waals surface area (Å²) in [5, 5.41) is 0. The second-order valence-corrected chi connectivity index (χ2v) is 4.75. The fourth-order valence-corrected chi connectivity index (χ4v) is 2.14. The van der Waals surface area contributed by atoms with E-state index in [1.807, 2.05) is 12.1 Å². The maximum absolute atomic E-state index is 2.84. The quantitative estimate of drug-likeness (QED) is 0.718. The SMILES string of the molecule is CC(P)N(c1ccccc1)c1ccccc1. The maximum atomic E-state index is 2.84. The van der Waals surface area contributed by atoms with Crippen molar-refractivity contribution in [1.82, 2.24) is 0 Å². The lowest BCUT2D eigenvalue weighted by Crippen LogP contribution is -2.22. The molecule has 0 aromatic heterocycles. The summed E-state index contributed by atoms with van der Waals surface area (Å²) in [6.45, 7) is 2.17. The number of rotatable bonds is 3. The van der Waals surface area contributed by atoms with E-state index in [1.54, 1.807) is 0 Å². The first-order valence-corrected chi connectivity index (χ1v) is 6.10. The zero-order chi connectivity index (χ0) is 11.4. The van der Waals surface area contributed by atoms with E-state index in [2.05, 4.69) is 69.6 Å². The minimum Gasteiger partial charge on any atom is -0.335 e. The van der Waals surface area contributed by atoms with Crippen LogP contribution in [0.4, 0.5) is 11.4 Å². The zero-order valence-electron chi connectivity index (χ0n) is 9.38. The van der Waals surface area contributed by atoms with Gasteiger partial charge in [-0.1, -0.05) is 36.4 Å². The zero-order valence-corrected chi connectivity index (χ0v) is 10.5. The van der Waals surface area contributed by atoms with Crippen molar-refractivity contribution in [3.63, 3.8) is 0 Å². The predicted molar refractivity (Wildman–Crippen MR) is 74.2 cm³/mol. The number of hydrogen-bond donors (Lipinski definition) is 0. The van der Waals surface area contributed by atoms with Crippen molar-refractivity contribution in [2.24, 2.45) is 0 Å². The van der Waals surface area contributed by atoms with Crippen molar-refractivity contribution in [2.45, 2.75) is 12.7 Å². The molecule has 2 aromatic carbocycles. The third-order valence-corrected chi connectivity index (χ3v) is 2.77. The van der Waals surface area contributed by atoms with Crippen LogP contribution in [-0.4, -0.2) is 5.78 Å². The van der Waals surface area contributed by atoms with Crippen LogP contribution >= 0.6 is 9.24 Å². The highest BCUT2D eigenvalue weighted by Crippen LogP contribution is 2.29. The van der Waals surface area contributed by atoms with E-state index in [0.717, 1.165) is 0 Å². The van der Waals surface area contributed by atoms with E-state index in [-0.39, 0.29) is 0 Å². The number of nitrogens with zero attached hydrogens (tertiary/aromatic N) is 1. The van der Waals surface area contributed by atoms with Gasteiger partial charge in [0.1, 0.15) is 0 Å². The van der Waals surface area contributed by atoms with E-state index in [0.29, 0.717) is 5.78 Å². The van der Waals surface area contributed by atoms with Crippen molar-refractivity contribution in [3.8, 4) is 0 Å². The van der Waals surface area contributed by atoms with Gasteiger partial charge in [0.25, 0.3) is 0 Å². The van der Waals surface area contributed by atoms with Gasteiger partial charge in [-0.3, -0.25) is 0 Å². The first-order chi connectivity index (χ1) is 7.79. The Bertz CT molecular complexity index is 386. The molecule has 2 unspecified atom stereocenters. The van der Waals surface area contributed by atoms with Gasteiger partial charge in [0.05, 0.1) is 0 Å². The number of benzene rings is 2. The summed E-state index contributed by atoms with van der Waals surface area (Å²) in [6.07, 6.45) is 0. The Hall–Kier alpha value is -1.33. The molecule has 0 spiro atoms. The maximum Gasteiger partial charge on any atom is 0.0451 e. The number of para-hydroxylation sites is 2. The van der Waals surface area contributed by atoms with Gasteiger partial charge < -0.3 is 4.90 Å². The lowest BCUT2D eigenvalue weighted by molar-refractivity contribution is 0.960. The molecule has 0 amide bonds. The minimum atomic E-state index is 0.366. The Kier molecular flexibility index (Phi) is 3.58. The fraction of sp³-hybridized carbons (Fsp3) is 0.143. The molecule has 0 aliphatic rings. The molecule has 2 aromatic rings. The number of anilines is 2. The standard InChI is InChI=1S/C14H16NP/c1-12(16)15(13-8-4-2-5-9-13)14-10-6-3-7-11-14/h2-12H,16H2,1H3. The van der Waals surface area contributed by atoms with Gasteiger partial charge >= 0.3 is 0 Å². The first kappa shape index (κ1) is 11.2. The first-order valence-electron chi connectivity index (χ1n) is 5.44. The molecular weight excluding hydrogens is 213 g/mol. The highest BCUT2D eigenvalue weighted by atomic mass is 31.0. The van der Waals surface area contributed by atoms with Crippen molar-refractivity contribution < 1.29 is 0 Å². The Morgan fingerprint density at radius 3 is 1.50 bits per heavy atom. The Morgan fingerprint density at radius 1 is 0.812 bits per heavy atom. The Morgan fingerprint density at radius 2 is 1.19 bits per heavy atom. The van der Waals surface area contributed by atoms with E-state index in [9.17, 15) is 0 Å². The van der Waals surface area contributed by atoms with Crippen LogP contribution in [0.5, 0.6) is 0 Å². The number of hydrogen-bond acceptors (Lipinski definition) is 1. The molecule has 0 aliphatic heterocycles. The summed E-state index contributed by atoms with van der Waals surface area (Å²) >= 11 is 0. The summed E-state index contributed by atoms with van der Waals surface area (Å²) in [5.41, 5.74) is 2.44. The molecule has 0 radical (unpaired) electrons. The molecule has 16 heavy (non-hydrogen) atoms. The van der Waals surface area contributed by atoms with E-state index in [4.69, 9.17) is 0 Å². The molecule has 2 atom stereocenters. The third-order valence-electron chi connectivity index (χ3n) is 2.48. The molecule has 0 saturated carbocycles. The van der Waals surface area contributed by atoms with Crippen LogP contribution in [-0.2, 0) is 0 Å². The van der Waals surface area contributed by atoms with Crippen molar-refractivity contribution in [2.75, 3.05) is 4.90 Å². The minimum absolute atomic E-state index is 0.366. The van der Waals surface area contributed by atoms with Crippen LogP contribution in [0.1, 0.15) is 6.92 Å². The van der Waals surface area contributed by atoms with Crippen molar-refractivity contribution >= 4 is 20.6 Å². The molecule has 2 rings (SSSR count). The van der Waals surface area contributed by atoms with Gasteiger partial charge in [0, 0.05) is 17.2 Å². The van der Waals surface area contributed by atoms with E-state index in [1.165, 1.54) is 11.4 Å². The normalized spacial score (nSPS) is 12.1. The summed E-state index contributed by atoms with van der Waals surface area (Å²) in [7, 11) is 2.84. The average molecular weight is 229 g/mol. The molecule has 1 nitrogen and oxygen atoms in total. The molecule has 2 heteroatoms. The fourth-order valence-electron chi connectivity index (χ4n) is 1.80. The van der Waals surface area contributed by atoms with Gasteiger partial charge in [-0.05, 0) is 31.2 Å². The molecule has 0 heterocycles. The second kappa shape index (κ2) is 5.14. The van der Waals surface area contributed by atoms with Crippen molar-refractivity contribution in [1.29, 1.82) is 0 Å². The lowest BCUT2D eigenvalue weighted by Gasteiger charge is -2.28. The monoisotopic (exact) mass is 229 g/mol. The van der Waals surface area contributed by atoms with Crippen LogP contribution < -0.4 is 4.90 Å². The molecule has 0 bridgehead atoms. The van der Waals surface area contributed by atoms with Gasteiger partial charge in [-0.25, -0.2) is 0 Å². The third kappa shape index (κ3) is 2.43. The molecule has 82 valence electrons. The summed E-state index contributed by atoms with van der Waals surface area (Å²) < 4.78 is 0. The Balaban J connectivity index is 2.40. The van der Waals surface area contributed by atoms with E-state index < -0.39 is 0 Å². The summed E-state index contributed by atoms with van der Waals surface area (Å²) in [5.74, 6) is 0.366. The van der Waals surface area contributed by atoms with E-state index >= 15 is 0 Å². The van der Waals surface area contributed by atoms with Crippen LogP contribution in [0.25, 0.3) is 0 Å². The summed E-state index contributed by atoms with van der Waals surface area (Å²) in [6, 6.07) is 20.9. The smallest absolute Gasteiger partial charge is 0.0451 e. The van der Waals surface area contributed by atoms with Gasteiger partial charge in [0.15, 0.2) is 0 Å². The largest absolute Gasteiger partial charge is 0.335 e. The Labute approximate surface area is 99.3 Å². The van der Waals surface area contributed by atoms with Gasteiger partial charge in [-0.15, -0.1) is 9.24 Å². The van der Waals surface area contributed by atoms with Crippen LogP contribution in [0.3, 0.4) is 0 Å². The highest BCUT2D eigenvalue weighted by Gasteiger charge is 2.11. The second-order valence-electron chi connectivity index (χ2n) is 3.78. The van der Waals surface area contributed by atoms with Crippen molar-refractivity contribution in [3.05, 3.63) is 60.7 Å². The molecule has 0 aliphatic carbocycles. The molecular formula is C14H16NP. The van der Waals surface area contributed by atoms with Gasteiger partial charge in [-0.2, -0.15) is 0 Å². The average Bonchev–Trinajstić information content (AvgIpc) is 2.31. The predicted octanol–water partition coefficient (Wildman–Crippen LogP) is 4.05. The van der Waals surface area contributed by atoms with Gasteiger partial charge in [0.2, 0.25) is 0 Å². The molecule has 0 fully saturated rings.